The maximum atomic E-state index is 13.0. The number of hydrogen-bond donors (Lipinski definition) is 4. The number of rotatable bonds is 2. The Balaban J connectivity index is 3.47. The highest BCUT2D eigenvalue weighted by Gasteiger charge is 2.49. The summed E-state index contributed by atoms with van der Waals surface area (Å²) >= 11 is 0. The Hall–Kier alpha value is -1.06. The Labute approximate surface area is 179 Å². The molecule has 0 radical (unpaired) electrons. The molecule has 0 aromatic carbocycles. The predicted molar refractivity (Wildman–Crippen MR) is 111 cm³/mol. The lowest BCUT2D eigenvalue weighted by Gasteiger charge is -2.43. The molecule has 0 aromatic rings. The van der Waals surface area contributed by atoms with Crippen molar-refractivity contribution in [3.8, 4) is 0 Å². The van der Waals surface area contributed by atoms with E-state index in [0.717, 1.165) is 0 Å². The Kier molecular flexibility index (Phi) is 9.03. The van der Waals surface area contributed by atoms with Crippen LogP contribution in [0.15, 0.2) is 0 Å². The average molecular weight is 433 g/mol. The third-order valence-electron chi connectivity index (χ3n) is 7.01. The maximum Gasteiger partial charge on any atom is 0.311 e. The molecule has 8 nitrogen and oxygen atoms in total. The molecule has 1 saturated heterocycles. The first-order valence-corrected chi connectivity index (χ1v) is 10.7. The van der Waals surface area contributed by atoms with Crippen molar-refractivity contribution in [2.75, 3.05) is 7.11 Å². The second-order valence-corrected chi connectivity index (χ2v) is 9.40. The molecule has 1 aliphatic heterocycles. The molecule has 1 heterocycles. The SMILES string of the molecule is CC[C@H]1OC(=O)[C@H](C)[C@@H](O)[C@H](C)[C@@H](O)[C@](C)(OC)C[C@@H](C)C(=O)[C@H](C)[C@@H](O)[C@]1(C)O. The van der Waals surface area contributed by atoms with Crippen molar-refractivity contribution in [3.63, 3.8) is 0 Å². The van der Waals surface area contributed by atoms with Crippen LogP contribution in [-0.4, -0.2) is 74.9 Å². The van der Waals surface area contributed by atoms with E-state index < -0.39 is 65.3 Å². The van der Waals surface area contributed by atoms with Crippen LogP contribution in [0.25, 0.3) is 0 Å². The number of aliphatic hydroxyl groups excluding tert-OH is 3. The molecule has 0 aliphatic carbocycles. The number of ketones is 1. The van der Waals surface area contributed by atoms with E-state index in [1.807, 2.05) is 0 Å². The number of Topliss-reactive ketones (excluding diaryl/α,β-unsaturated/α-hetero) is 1. The van der Waals surface area contributed by atoms with Crippen molar-refractivity contribution >= 4 is 11.8 Å². The van der Waals surface area contributed by atoms with Gasteiger partial charge in [-0.15, -0.1) is 0 Å². The molecular formula is C22H40O8. The third kappa shape index (κ3) is 5.22. The molecule has 176 valence electrons. The van der Waals surface area contributed by atoms with Gasteiger partial charge in [0.05, 0.1) is 29.8 Å². The predicted octanol–water partition coefficient (Wildman–Crippen LogP) is 1.06. The zero-order chi connectivity index (χ0) is 23.6. The largest absolute Gasteiger partial charge is 0.459 e. The van der Waals surface area contributed by atoms with E-state index in [4.69, 9.17) is 9.47 Å². The van der Waals surface area contributed by atoms with E-state index >= 15 is 0 Å². The number of hydrogen-bond acceptors (Lipinski definition) is 8. The van der Waals surface area contributed by atoms with Crippen LogP contribution in [0.3, 0.4) is 0 Å². The molecule has 0 unspecified atom stereocenters. The summed E-state index contributed by atoms with van der Waals surface area (Å²) in [6.07, 6.45) is -4.64. The fourth-order valence-corrected chi connectivity index (χ4v) is 4.54. The van der Waals surface area contributed by atoms with Gasteiger partial charge in [0.2, 0.25) is 0 Å². The molecular weight excluding hydrogens is 392 g/mol. The highest BCUT2D eigenvalue weighted by atomic mass is 16.6. The summed E-state index contributed by atoms with van der Waals surface area (Å²) in [6.45, 7) is 11.0. The van der Waals surface area contributed by atoms with Crippen LogP contribution in [0, 0.1) is 23.7 Å². The minimum absolute atomic E-state index is 0.135. The van der Waals surface area contributed by atoms with E-state index in [9.17, 15) is 30.0 Å². The molecule has 0 spiro atoms. The number of methoxy groups -OCH3 is 1. The van der Waals surface area contributed by atoms with Crippen LogP contribution in [0.1, 0.15) is 61.3 Å². The van der Waals surface area contributed by atoms with E-state index in [0.29, 0.717) is 0 Å². The Bertz CT molecular complexity index is 606. The van der Waals surface area contributed by atoms with Crippen molar-refractivity contribution in [1.29, 1.82) is 0 Å². The first kappa shape index (κ1) is 27.0. The minimum Gasteiger partial charge on any atom is -0.459 e. The van der Waals surface area contributed by atoms with Crippen molar-refractivity contribution in [2.24, 2.45) is 23.7 Å². The third-order valence-corrected chi connectivity index (χ3v) is 7.01. The van der Waals surface area contributed by atoms with Crippen LogP contribution < -0.4 is 0 Å². The van der Waals surface area contributed by atoms with Crippen molar-refractivity contribution in [1.82, 2.24) is 0 Å². The van der Waals surface area contributed by atoms with Gasteiger partial charge in [0.15, 0.2) is 0 Å². The minimum atomic E-state index is -1.87. The number of esters is 1. The van der Waals surface area contributed by atoms with Gasteiger partial charge in [-0.3, -0.25) is 9.59 Å². The van der Waals surface area contributed by atoms with Gasteiger partial charge in [0.1, 0.15) is 17.5 Å². The maximum absolute atomic E-state index is 13.0. The summed E-state index contributed by atoms with van der Waals surface area (Å²) in [4.78, 5) is 25.7. The van der Waals surface area contributed by atoms with Gasteiger partial charge in [-0.25, -0.2) is 0 Å². The van der Waals surface area contributed by atoms with Gasteiger partial charge < -0.3 is 29.9 Å². The molecule has 8 heteroatoms. The molecule has 4 N–H and O–H groups in total. The fourth-order valence-electron chi connectivity index (χ4n) is 4.54. The zero-order valence-electron chi connectivity index (χ0n) is 19.5. The van der Waals surface area contributed by atoms with Gasteiger partial charge in [-0.1, -0.05) is 27.7 Å². The standard InChI is InChI=1S/C22H40O8/c1-9-15-22(7,28)19(26)12(3)16(23)11(2)10-21(6,29-8)18(25)13(4)17(24)14(5)20(27)30-15/h11-15,17-19,24-26,28H,9-10H2,1-8H3/t11-,12+,13+,14-,15-,17+,18-,19-,21-,22-/m1/s1. The van der Waals surface area contributed by atoms with Gasteiger partial charge in [-0.2, -0.15) is 0 Å². The van der Waals surface area contributed by atoms with Crippen molar-refractivity contribution in [2.45, 2.75) is 96.9 Å². The second kappa shape index (κ2) is 10.0. The molecule has 0 amide bonds. The average Bonchev–Trinajstić information content (AvgIpc) is 2.72. The lowest BCUT2D eigenvalue weighted by molar-refractivity contribution is -0.196. The Morgan fingerprint density at radius 3 is 2.03 bits per heavy atom. The summed E-state index contributed by atoms with van der Waals surface area (Å²) in [5.74, 6) is -4.35. The molecule has 1 aliphatic rings. The van der Waals surface area contributed by atoms with E-state index in [2.05, 4.69) is 0 Å². The van der Waals surface area contributed by atoms with E-state index in [1.54, 1.807) is 27.7 Å². The lowest BCUT2D eigenvalue weighted by Crippen LogP contribution is -2.57. The first-order valence-electron chi connectivity index (χ1n) is 10.7. The summed E-state index contributed by atoms with van der Waals surface area (Å²) in [7, 11) is 1.41. The molecule has 0 bridgehead atoms. The monoisotopic (exact) mass is 432 g/mol. The van der Waals surface area contributed by atoms with Crippen molar-refractivity contribution < 1.29 is 39.5 Å². The molecule has 30 heavy (non-hydrogen) atoms. The van der Waals surface area contributed by atoms with Crippen LogP contribution in [0.2, 0.25) is 0 Å². The van der Waals surface area contributed by atoms with Gasteiger partial charge >= 0.3 is 5.97 Å². The van der Waals surface area contributed by atoms with Gasteiger partial charge in [0, 0.05) is 24.9 Å². The molecule has 1 rings (SSSR count). The quantitative estimate of drug-likeness (QED) is 0.476. The first-order chi connectivity index (χ1) is 13.6. The molecule has 0 saturated carbocycles. The Morgan fingerprint density at radius 1 is 1.03 bits per heavy atom. The van der Waals surface area contributed by atoms with Gasteiger partial charge in [0.25, 0.3) is 0 Å². The van der Waals surface area contributed by atoms with E-state index in [1.165, 1.54) is 27.9 Å². The second-order valence-electron chi connectivity index (χ2n) is 9.40. The fraction of sp³-hybridized carbons (Fsp3) is 0.909. The molecule has 10 atom stereocenters. The highest BCUT2D eigenvalue weighted by molar-refractivity contribution is 5.83. The Morgan fingerprint density at radius 2 is 1.57 bits per heavy atom. The van der Waals surface area contributed by atoms with Crippen molar-refractivity contribution in [3.05, 3.63) is 0 Å². The van der Waals surface area contributed by atoms with Crippen LogP contribution in [0.5, 0.6) is 0 Å². The number of aliphatic hydroxyl groups is 4. The smallest absolute Gasteiger partial charge is 0.311 e. The van der Waals surface area contributed by atoms with E-state index in [-0.39, 0.29) is 18.6 Å². The van der Waals surface area contributed by atoms with Crippen LogP contribution in [-0.2, 0) is 19.1 Å². The lowest BCUT2D eigenvalue weighted by atomic mass is 9.74. The number of cyclic esters (lactones) is 1. The molecule has 0 aromatic heterocycles. The number of carbonyl (C=O) groups excluding carboxylic acids is 2. The number of carbonyl (C=O) groups is 2. The highest BCUT2D eigenvalue weighted by Crippen LogP contribution is 2.35. The number of ether oxygens (including phenoxy) is 2. The normalized spacial score (nSPS) is 47.5. The molecule has 1 fully saturated rings. The summed E-state index contributed by atoms with van der Waals surface area (Å²) in [6, 6.07) is 0. The summed E-state index contributed by atoms with van der Waals surface area (Å²) in [5.41, 5.74) is -3.05. The van der Waals surface area contributed by atoms with Gasteiger partial charge in [-0.05, 0) is 33.6 Å². The van der Waals surface area contributed by atoms with Crippen LogP contribution >= 0.6 is 0 Å². The summed E-state index contributed by atoms with van der Waals surface area (Å²) in [5, 5.41) is 43.5. The summed E-state index contributed by atoms with van der Waals surface area (Å²) < 4.78 is 11.0. The van der Waals surface area contributed by atoms with Crippen LogP contribution in [0.4, 0.5) is 0 Å². The zero-order valence-corrected chi connectivity index (χ0v) is 19.5. The topological polar surface area (TPSA) is 134 Å².